The van der Waals surface area contributed by atoms with Crippen molar-refractivity contribution in [1.29, 1.82) is 0 Å². The number of amides is 2. The van der Waals surface area contributed by atoms with Gasteiger partial charge in [0.05, 0.1) is 18.4 Å². The SMILES string of the molecule is COc1ccc(NC(=O)C2CSC(=O)N2)c(C(=O)O)c1. The summed E-state index contributed by atoms with van der Waals surface area (Å²) in [6, 6.07) is 3.66. The van der Waals surface area contributed by atoms with Gasteiger partial charge in [-0.2, -0.15) is 0 Å². The first-order valence-electron chi connectivity index (χ1n) is 5.66. The first kappa shape index (κ1) is 14.2. The highest BCUT2D eigenvalue weighted by Crippen LogP contribution is 2.23. The van der Waals surface area contributed by atoms with E-state index >= 15 is 0 Å². The first-order chi connectivity index (χ1) is 9.51. The van der Waals surface area contributed by atoms with Crippen LogP contribution in [-0.4, -0.2) is 41.1 Å². The van der Waals surface area contributed by atoms with Crippen molar-refractivity contribution in [1.82, 2.24) is 5.32 Å². The first-order valence-corrected chi connectivity index (χ1v) is 6.65. The molecule has 7 nitrogen and oxygen atoms in total. The molecule has 1 aliphatic rings. The van der Waals surface area contributed by atoms with E-state index in [1.165, 1.54) is 19.2 Å². The third-order valence-electron chi connectivity index (χ3n) is 2.70. The summed E-state index contributed by atoms with van der Waals surface area (Å²) < 4.78 is 4.94. The number of thioether (sulfide) groups is 1. The normalized spacial score (nSPS) is 17.4. The van der Waals surface area contributed by atoms with Crippen molar-refractivity contribution in [2.45, 2.75) is 6.04 Å². The Hall–Kier alpha value is -2.22. The smallest absolute Gasteiger partial charge is 0.337 e. The van der Waals surface area contributed by atoms with E-state index < -0.39 is 17.9 Å². The monoisotopic (exact) mass is 296 g/mol. The summed E-state index contributed by atoms with van der Waals surface area (Å²) in [5.74, 6) is -0.923. The molecule has 1 fully saturated rings. The molecule has 8 heteroatoms. The van der Waals surface area contributed by atoms with Gasteiger partial charge in [-0.3, -0.25) is 9.59 Å². The van der Waals surface area contributed by atoms with Crippen molar-refractivity contribution in [2.75, 3.05) is 18.2 Å². The maximum Gasteiger partial charge on any atom is 0.337 e. The van der Waals surface area contributed by atoms with Crippen LogP contribution in [0.5, 0.6) is 5.75 Å². The molecular formula is C12H12N2O5S. The quantitative estimate of drug-likeness (QED) is 0.770. The van der Waals surface area contributed by atoms with Gasteiger partial charge in [-0.25, -0.2) is 4.79 Å². The Bertz CT molecular complexity index is 575. The van der Waals surface area contributed by atoms with E-state index in [9.17, 15) is 14.4 Å². The van der Waals surface area contributed by atoms with Crippen LogP contribution in [0.4, 0.5) is 10.5 Å². The zero-order valence-electron chi connectivity index (χ0n) is 10.5. The standard InChI is InChI=1S/C12H12N2O5S/c1-19-6-2-3-8(7(4-6)11(16)17)13-10(15)9-5-20-12(18)14-9/h2-4,9H,5H2,1H3,(H,13,15)(H,14,18)(H,16,17). The average molecular weight is 296 g/mol. The van der Waals surface area contributed by atoms with Gasteiger partial charge < -0.3 is 20.5 Å². The Kier molecular flexibility index (Phi) is 4.14. The number of hydrogen-bond donors (Lipinski definition) is 3. The van der Waals surface area contributed by atoms with Crippen molar-refractivity contribution in [3.8, 4) is 5.75 Å². The summed E-state index contributed by atoms with van der Waals surface area (Å²) in [4.78, 5) is 34.1. The van der Waals surface area contributed by atoms with Gasteiger partial charge in [0.25, 0.3) is 5.24 Å². The molecule has 0 aliphatic carbocycles. The van der Waals surface area contributed by atoms with Gasteiger partial charge in [0.2, 0.25) is 5.91 Å². The Morgan fingerprint density at radius 3 is 2.80 bits per heavy atom. The number of carboxylic acids is 1. The second kappa shape index (κ2) is 5.83. The summed E-state index contributed by atoms with van der Waals surface area (Å²) in [5.41, 5.74) is 0.0872. The molecule has 0 radical (unpaired) electrons. The van der Waals surface area contributed by atoms with Crippen LogP contribution in [0, 0.1) is 0 Å². The molecule has 106 valence electrons. The molecule has 1 aromatic carbocycles. The third-order valence-corrected chi connectivity index (χ3v) is 3.58. The van der Waals surface area contributed by atoms with E-state index in [4.69, 9.17) is 9.84 Å². The van der Waals surface area contributed by atoms with Crippen LogP contribution in [0.1, 0.15) is 10.4 Å². The molecule has 1 unspecified atom stereocenters. The fourth-order valence-corrected chi connectivity index (χ4v) is 2.46. The molecule has 0 bridgehead atoms. The van der Waals surface area contributed by atoms with Gasteiger partial charge in [0, 0.05) is 5.75 Å². The van der Waals surface area contributed by atoms with Gasteiger partial charge in [-0.1, -0.05) is 11.8 Å². The van der Waals surface area contributed by atoms with Gasteiger partial charge in [-0.15, -0.1) is 0 Å². The number of benzene rings is 1. The van der Waals surface area contributed by atoms with Crippen LogP contribution in [0.3, 0.4) is 0 Å². The van der Waals surface area contributed by atoms with Gasteiger partial charge in [0.1, 0.15) is 11.8 Å². The summed E-state index contributed by atoms with van der Waals surface area (Å²) in [5, 5.41) is 13.8. The number of aromatic carboxylic acids is 1. The largest absolute Gasteiger partial charge is 0.497 e. The number of carboxylic acid groups (broad SMARTS) is 1. The molecule has 3 N–H and O–H groups in total. The Labute approximate surface area is 118 Å². The molecular weight excluding hydrogens is 284 g/mol. The molecule has 0 aromatic heterocycles. The highest BCUT2D eigenvalue weighted by Gasteiger charge is 2.28. The summed E-state index contributed by atoms with van der Waals surface area (Å²) in [6.45, 7) is 0. The lowest BCUT2D eigenvalue weighted by Gasteiger charge is -2.13. The Morgan fingerprint density at radius 1 is 1.50 bits per heavy atom. The number of ether oxygens (including phenoxy) is 1. The highest BCUT2D eigenvalue weighted by atomic mass is 32.2. The second-order valence-electron chi connectivity index (χ2n) is 4.00. The average Bonchev–Trinajstić information content (AvgIpc) is 2.85. The van der Waals surface area contributed by atoms with Crippen molar-refractivity contribution < 1.29 is 24.2 Å². The van der Waals surface area contributed by atoms with Gasteiger partial charge in [0.15, 0.2) is 0 Å². The summed E-state index contributed by atoms with van der Waals surface area (Å²) in [7, 11) is 1.42. The number of hydrogen-bond acceptors (Lipinski definition) is 5. The zero-order chi connectivity index (χ0) is 14.7. The Morgan fingerprint density at radius 2 is 2.25 bits per heavy atom. The molecule has 1 heterocycles. The van der Waals surface area contributed by atoms with Crippen LogP contribution in [0.25, 0.3) is 0 Å². The minimum Gasteiger partial charge on any atom is -0.497 e. The fourth-order valence-electron chi connectivity index (χ4n) is 1.68. The highest BCUT2D eigenvalue weighted by molar-refractivity contribution is 8.14. The molecule has 1 aromatic rings. The molecule has 0 saturated carbocycles. The lowest BCUT2D eigenvalue weighted by atomic mass is 10.1. The number of methoxy groups -OCH3 is 1. The predicted molar refractivity (Wildman–Crippen MR) is 73.4 cm³/mol. The number of rotatable bonds is 4. The maximum atomic E-state index is 11.9. The lowest BCUT2D eigenvalue weighted by Crippen LogP contribution is -2.38. The van der Waals surface area contributed by atoms with Crippen molar-refractivity contribution in [3.05, 3.63) is 23.8 Å². The Balaban J connectivity index is 2.18. The third kappa shape index (κ3) is 3.02. The molecule has 20 heavy (non-hydrogen) atoms. The molecule has 1 saturated heterocycles. The minimum atomic E-state index is -1.18. The number of anilines is 1. The van der Waals surface area contributed by atoms with Gasteiger partial charge in [-0.05, 0) is 18.2 Å². The zero-order valence-corrected chi connectivity index (χ0v) is 11.3. The van der Waals surface area contributed by atoms with Crippen molar-refractivity contribution in [3.63, 3.8) is 0 Å². The number of carbonyl (C=O) groups is 3. The van der Waals surface area contributed by atoms with E-state index in [2.05, 4.69) is 10.6 Å². The second-order valence-corrected chi connectivity index (χ2v) is 4.99. The lowest BCUT2D eigenvalue weighted by molar-refractivity contribution is -0.117. The molecule has 2 rings (SSSR count). The minimum absolute atomic E-state index is 0.0744. The molecule has 2 amide bonds. The van der Waals surface area contributed by atoms with Crippen molar-refractivity contribution in [2.24, 2.45) is 0 Å². The summed E-state index contributed by atoms with van der Waals surface area (Å²) in [6.07, 6.45) is 0. The van der Waals surface area contributed by atoms with E-state index in [0.29, 0.717) is 11.5 Å². The van der Waals surface area contributed by atoms with E-state index in [1.54, 1.807) is 6.07 Å². The van der Waals surface area contributed by atoms with Crippen LogP contribution in [-0.2, 0) is 4.79 Å². The van der Waals surface area contributed by atoms with E-state index in [-0.39, 0.29) is 16.5 Å². The van der Waals surface area contributed by atoms with E-state index in [1.807, 2.05) is 0 Å². The van der Waals surface area contributed by atoms with Crippen LogP contribution >= 0.6 is 11.8 Å². The van der Waals surface area contributed by atoms with Gasteiger partial charge >= 0.3 is 5.97 Å². The molecule has 1 aliphatic heterocycles. The van der Waals surface area contributed by atoms with Crippen molar-refractivity contribution >= 4 is 34.6 Å². The topological polar surface area (TPSA) is 105 Å². The molecule has 0 spiro atoms. The van der Waals surface area contributed by atoms with Crippen LogP contribution in [0.15, 0.2) is 18.2 Å². The van der Waals surface area contributed by atoms with Crippen LogP contribution in [0.2, 0.25) is 0 Å². The number of nitrogens with one attached hydrogen (secondary N) is 2. The van der Waals surface area contributed by atoms with Crippen LogP contribution < -0.4 is 15.4 Å². The number of carbonyl (C=O) groups excluding carboxylic acids is 2. The van der Waals surface area contributed by atoms with E-state index in [0.717, 1.165) is 11.8 Å². The molecule has 1 atom stereocenters. The fraction of sp³-hybridized carbons (Fsp3) is 0.250. The predicted octanol–water partition coefficient (Wildman–Crippen LogP) is 1.16. The summed E-state index contributed by atoms with van der Waals surface area (Å²) >= 11 is 1.01. The maximum absolute atomic E-state index is 11.9.